The van der Waals surface area contributed by atoms with Gasteiger partial charge in [0, 0.05) is 4.90 Å². The standard InChI is InChI=1S/C8H6F3NO2.C8H5F3O2S/c9-8(10,11)5-3-1-2-4(6(5)12)7(13)14;9-8(10,11)5-3-1-2-4(6(5)14)7(12)13/h1-3H,12H2,(H,13,14);1-3,14H,(H,12,13). The van der Waals surface area contributed by atoms with Gasteiger partial charge >= 0.3 is 24.3 Å². The molecule has 4 N–H and O–H groups in total. The molecule has 0 spiro atoms. The van der Waals surface area contributed by atoms with Crippen molar-refractivity contribution in [3.8, 4) is 0 Å². The van der Waals surface area contributed by atoms with E-state index in [1.165, 1.54) is 0 Å². The van der Waals surface area contributed by atoms with Gasteiger partial charge in [0.15, 0.2) is 0 Å². The van der Waals surface area contributed by atoms with Crippen LogP contribution in [0.1, 0.15) is 31.8 Å². The van der Waals surface area contributed by atoms with Gasteiger partial charge in [-0.1, -0.05) is 12.1 Å². The number of halogens is 6. The molecule has 0 bridgehead atoms. The van der Waals surface area contributed by atoms with E-state index in [9.17, 15) is 35.9 Å². The summed E-state index contributed by atoms with van der Waals surface area (Å²) in [6.07, 6.45) is -9.21. The quantitative estimate of drug-likeness (QED) is 0.317. The molecule has 0 aliphatic carbocycles. The molecule has 0 aromatic heterocycles. The van der Waals surface area contributed by atoms with Crippen LogP contribution in [-0.2, 0) is 12.4 Å². The summed E-state index contributed by atoms with van der Waals surface area (Å²) in [6.45, 7) is 0. The fraction of sp³-hybridized carbons (Fsp3) is 0.125. The van der Waals surface area contributed by atoms with Gasteiger partial charge in [-0.05, 0) is 24.3 Å². The lowest BCUT2D eigenvalue weighted by Crippen LogP contribution is -2.12. The lowest BCUT2D eigenvalue weighted by Gasteiger charge is -2.10. The molecule has 0 aliphatic rings. The summed E-state index contributed by atoms with van der Waals surface area (Å²) in [5, 5.41) is 17.0. The molecule has 0 saturated heterocycles. The third-order valence-electron chi connectivity index (χ3n) is 3.21. The Kier molecular flexibility index (Phi) is 6.96. The number of alkyl halides is 6. The maximum absolute atomic E-state index is 12.3. The summed E-state index contributed by atoms with van der Waals surface area (Å²) in [6, 6.07) is 5.65. The van der Waals surface area contributed by atoms with Crippen LogP contribution in [0.5, 0.6) is 0 Å². The van der Waals surface area contributed by atoms with Crippen LogP contribution < -0.4 is 5.73 Å². The molecule has 2 rings (SSSR count). The summed E-state index contributed by atoms with van der Waals surface area (Å²) in [4.78, 5) is 20.4. The second kappa shape index (κ2) is 8.42. The zero-order chi connectivity index (χ0) is 21.9. The molecule has 0 heterocycles. The van der Waals surface area contributed by atoms with Crippen molar-refractivity contribution in [3.05, 3.63) is 58.7 Å². The number of hydrogen-bond donors (Lipinski definition) is 4. The van der Waals surface area contributed by atoms with Crippen molar-refractivity contribution in [3.63, 3.8) is 0 Å². The normalized spacial score (nSPS) is 11.4. The number of nitrogens with two attached hydrogens (primary N) is 1. The molecule has 2 aromatic carbocycles. The Balaban J connectivity index is 0.000000280. The van der Waals surface area contributed by atoms with Crippen molar-refractivity contribution in [2.24, 2.45) is 0 Å². The van der Waals surface area contributed by atoms with Gasteiger partial charge in [0.2, 0.25) is 0 Å². The Morgan fingerprint density at radius 1 is 0.786 bits per heavy atom. The number of rotatable bonds is 2. The third kappa shape index (κ3) is 5.55. The second-order valence-corrected chi connectivity index (χ2v) is 5.52. The first-order chi connectivity index (χ1) is 12.7. The van der Waals surface area contributed by atoms with Crippen LogP contribution >= 0.6 is 12.6 Å². The van der Waals surface area contributed by atoms with Gasteiger partial charge in [0.1, 0.15) is 0 Å². The number of carboxylic acids is 2. The van der Waals surface area contributed by atoms with Crippen molar-refractivity contribution in [2.75, 3.05) is 5.73 Å². The van der Waals surface area contributed by atoms with Crippen LogP contribution in [0.3, 0.4) is 0 Å². The topological polar surface area (TPSA) is 101 Å². The number of para-hydroxylation sites is 1. The van der Waals surface area contributed by atoms with Gasteiger partial charge in [-0.2, -0.15) is 26.3 Å². The maximum Gasteiger partial charge on any atom is 0.418 e. The Morgan fingerprint density at radius 3 is 1.57 bits per heavy atom. The molecule has 28 heavy (non-hydrogen) atoms. The highest BCUT2D eigenvalue weighted by Crippen LogP contribution is 2.35. The minimum Gasteiger partial charge on any atom is -0.478 e. The predicted octanol–water partition coefficient (Wildman–Crippen LogP) is 4.68. The molecule has 0 unspecified atom stereocenters. The van der Waals surface area contributed by atoms with Crippen molar-refractivity contribution >= 4 is 30.3 Å². The summed E-state index contributed by atoms with van der Waals surface area (Å²) in [5.74, 6) is -2.91. The number of benzene rings is 2. The predicted molar refractivity (Wildman–Crippen MR) is 88.5 cm³/mol. The van der Waals surface area contributed by atoms with E-state index in [-0.39, 0.29) is 0 Å². The number of hydrogen-bond acceptors (Lipinski definition) is 4. The molecular formula is C16H11F6NO4S. The molecule has 0 atom stereocenters. The van der Waals surface area contributed by atoms with Crippen molar-refractivity contribution in [2.45, 2.75) is 17.2 Å². The van der Waals surface area contributed by atoms with Crippen molar-refractivity contribution < 1.29 is 46.1 Å². The third-order valence-corrected chi connectivity index (χ3v) is 3.70. The fourth-order valence-electron chi connectivity index (χ4n) is 1.94. The number of aromatic carboxylic acids is 2. The summed E-state index contributed by atoms with van der Waals surface area (Å²) in [7, 11) is 0. The first-order valence-electron chi connectivity index (χ1n) is 6.99. The van der Waals surface area contributed by atoms with E-state index in [4.69, 9.17) is 15.9 Å². The average molecular weight is 427 g/mol. The van der Waals surface area contributed by atoms with Crippen molar-refractivity contribution in [1.29, 1.82) is 0 Å². The van der Waals surface area contributed by atoms with Gasteiger partial charge < -0.3 is 15.9 Å². The van der Waals surface area contributed by atoms with Crippen LogP contribution in [0, 0.1) is 0 Å². The highest BCUT2D eigenvalue weighted by atomic mass is 32.1. The van der Waals surface area contributed by atoms with Crippen LogP contribution in [0.25, 0.3) is 0 Å². The lowest BCUT2D eigenvalue weighted by molar-refractivity contribution is -0.140. The van der Waals surface area contributed by atoms with Crippen LogP contribution in [0.15, 0.2) is 41.3 Å². The molecule has 152 valence electrons. The first-order valence-corrected chi connectivity index (χ1v) is 7.44. The van der Waals surface area contributed by atoms with Crippen LogP contribution in [0.4, 0.5) is 32.0 Å². The number of anilines is 1. The smallest absolute Gasteiger partial charge is 0.418 e. The largest absolute Gasteiger partial charge is 0.478 e. The van der Waals surface area contributed by atoms with Gasteiger partial charge in [-0.25, -0.2) is 9.59 Å². The van der Waals surface area contributed by atoms with Gasteiger partial charge in [0.05, 0.1) is 27.9 Å². The minimum atomic E-state index is -4.63. The van der Waals surface area contributed by atoms with E-state index >= 15 is 0 Å². The molecule has 0 saturated carbocycles. The molecule has 0 fully saturated rings. The van der Waals surface area contributed by atoms with E-state index in [1.54, 1.807) is 0 Å². The monoisotopic (exact) mass is 427 g/mol. The summed E-state index contributed by atoms with van der Waals surface area (Å²) in [5.41, 5.74) is 1.15. The van der Waals surface area contributed by atoms with Gasteiger partial charge in [-0.15, -0.1) is 12.6 Å². The second-order valence-electron chi connectivity index (χ2n) is 5.07. The van der Waals surface area contributed by atoms with Crippen LogP contribution in [0.2, 0.25) is 0 Å². The molecule has 0 aliphatic heterocycles. The number of thiol groups is 1. The highest BCUT2D eigenvalue weighted by molar-refractivity contribution is 7.80. The Bertz CT molecular complexity index is 822. The first kappa shape index (κ1) is 23.1. The summed E-state index contributed by atoms with van der Waals surface area (Å²) < 4.78 is 73.4. The van der Waals surface area contributed by atoms with E-state index in [0.717, 1.165) is 36.4 Å². The average Bonchev–Trinajstić information content (AvgIpc) is 2.53. The zero-order valence-corrected chi connectivity index (χ0v) is 14.4. The van der Waals surface area contributed by atoms with E-state index < -0.39 is 57.1 Å². The van der Waals surface area contributed by atoms with Gasteiger partial charge in [0.25, 0.3) is 0 Å². The molecule has 2 aromatic rings. The van der Waals surface area contributed by atoms with E-state index in [0.29, 0.717) is 0 Å². The molecule has 12 heteroatoms. The number of carbonyl (C=O) groups is 2. The molecule has 0 amide bonds. The molecule has 5 nitrogen and oxygen atoms in total. The number of carboxylic acid groups (broad SMARTS) is 2. The Labute approximate surface area is 158 Å². The Morgan fingerprint density at radius 2 is 1.18 bits per heavy atom. The molecular weight excluding hydrogens is 416 g/mol. The minimum absolute atomic E-state index is 0.455. The van der Waals surface area contributed by atoms with Crippen LogP contribution in [-0.4, -0.2) is 22.2 Å². The highest BCUT2D eigenvalue weighted by Gasteiger charge is 2.35. The van der Waals surface area contributed by atoms with Crippen molar-refractivity contribution in [1.82, 2.24) is 0 Å². The Hall–Kier alpha value is -2.89. The SMILES string of the molecule is Nc1c(C(=O)O)cccc1C(F)(F)F.O=C(O)c1cccc(C(F)(F)F)c1S. The zero-order valence-electron chi connectivity index (χ0n) is 13.5. The maximum atomic E-state index is 12.3. The lowest BCUT2D eigenvalue weighted by atomic mass is 10.1. The number of nitrogen functional groups attached to an aromatic ring is 1. The summed E-state index contributed by atoms with van der Waals surface area (Å²) >= 11 is 3.54. The van der Waals surface area contributed by atoms with Gasteiger partial charge in [-0.3, -0.25) is 0 Å². The molecule has 0 radical (unpaired) electrons. The fourth-order valence-corrected chi connectivity index (χ4v) is 2.32. The van der Waals surface area contributed by atoms with E-state index in [2.05, 4.69) is 12.6 Å². The van der Waals surface area contributed by atoms with E-state index in [1.807, 2.05) is 0 Å².